The molecule has 0 radical (unpaired) electrons. The van der Waals surface area contributed by atoms with Gasteiger partial charge in [0.15, 0.2) is 0 Å². The minimum absolute atomic E-state index is 0.176. The Balaban J connectivity index is 1.76. The van der Waals surface area contributed by atoms with E-state index < -0.39 is 10.0 Å². The van der Waals surface area contributed by atoms with Crippen molar-refractivity contribution < 1.29 is 13.2 Å². The smallest absolute Gasteiger partial charge is 0.265 e. The molecule has 0 aliphatic rings. The number of rotatable bonds is 7. The van der Waals surface area contributed by atoms with Crippen LogP contribution in [0.5, 0.6) is 5.75 Å². The molecule has 0 fully saturated rings. The van der Waals surface area contributed by atoms with Gasteiger partial charge in [-0.25, -0.2) is 8.42 Å². The molecule has 0 atom stereocenters. The second-order valence-corrected chi connectivity index (χ2v) is 7.62. The van der Waals surface area contributed by atoms with Crippen LogP contribution < -0.4 is 14.8 Å². The monoisotopic (exact) mass is 386 g/mol. The van der Waals surface area contributed by atoms with Crippen LogP contribution in [0.3, 0.4) is 0 Å². The summed E-state index contributed by atoms with van der Waals surface area (Å²) in [6.45, 7) is 5.84. The van der Waals surface area contributed by atoms with Gasteiger partial charge in [-0.15, -0.1) is 0 Å². The van der Waals surface area contributed by atoms with Gasteiger partial charge in [0.2, 0.25) is 0 Å². The summed E-state index contributed by atoms with van der Waals surface area (Å²) in [7, 11) is -3.70. The lowest BCUT2D eigenvalue weighted by Gasteiger charge is -2.13. The maximum absolute atomic E-state index is 12.6. The Morgan fingerprint density at radius 3 is 2.33 bits per heavy atom. The fourth-order valence-electron chi connectivity index (χ4n) is 2.77. The molecule has 0 aliphatic heterocycles. The quantitative estimate of drug-likeness (QED) is 0.571. The average molecular weight is 386 g/mol. The fraction of sp³-hybridized carbons (Fsp3) is 0.211. The van der Waals surface area contributed by atoms with E-state index in [2.05, 4.69) is 20.2 Å². The van der Waals surface area contributed by atoms with Gasteiger partial charge < -0.3 is 10.1 Å². The lowest BCUT2D eigenvalue weighted by atomic mass is 10.2. The van der Waals surface area contributed by atoms with E-state index in [1.165, 1.54) is 0 Å². The highest BCUT2D eigenvalue weighted by Gasteiger charge is 2.22. The van der Waals surface area contributed by atoms with Crippen molar-refractivity contribution >= 4 is 27.1 Å². The van der Waals surface area contributed by atoms with E-state index in [1.807, 2.05) is 31.2 Å². The second-order valence-electron chi connectivity index (χ2n) is 6.00. The van der Waals surface area contributed by atoms with Crippen molar-refractivity contribution in [3.8, 4) is 5.75 Å². The van der Waals surface area contributed by atoms with Crippen molar-refractivity contribution in [1.29, 1.82) is 0 Å². The summed E-state index contributed by atoms with van der Waals surface area (Å²) in [5.74, 6) is 0.760. The van der Waals surface area contributed by atoms with Crippen molar-refractivity contribution in [2.45, 2.75) is 25.7 Å². The summed E-state index contributed by atoms with van der Waals surface area (Å²) in [5, 5.41) is 9.91. The number of nitrogens with one attached hydrogen (secondary N) is 3. The average Bonchev–Trinajstić information content (AvgIpc) is 2.97. The minimum Gasteiger partial charge on any atom is -0.492 e. The molecule has 8 heteroatoms. The van der Waals surface area contributed by atoms with Gasteiger partial charge >= 0.3 is 0 Å². The topological polar surface area (TPSA) is 96.1 Å². The molecule has 3 N–H and O–H groups in total. The molecule has 0 saturated carbocycles. The highest BCUT2D eigenvalue weighted by molar-refractivity contribution is 7.92. The van der Waals surface area contributed by atoms with Crippen LogP contribution in [-0.4, -0.2) is 25.2 Å². The zero-order chi connectivity index (χ0) is 19.4. The first-order chi connectivity index (χ1) is 12.9. The number of aromatic amines is 1. The number of nitrogens with zero attached hydrogens (tertiary/aromatic N) is 1. The lowest BCUT2D eigenvalue weighted by Crippen LogP contribution is -2.14. The van der Waals surface area contributed by atoms with Gasteiger partial charge in [0.1, 0.15) is 10.6 Å². The minimum atomic E-state index is -3.70. The Morgan fingerprint density at radius 1 is 1.04 bits per heavy atom. The van der Waals surface area contributed by atoms with Crippen molar-refractivity contribution in [2.24, 2.45) is 0 Å². The van der Waals surface area contributed by atoms with Crippen LogP contribution in [-0.2, 0) is 10.0 Å². The van der Waals surface area contributed by atoms with E-state index in [0.717, 1.165) is 17.1 Å². The molecule has 0 bridgehead atoms. The van der Waals surface area contributed by atoms with Crippen LogP contribution in [0.4, 0.5) is 17.1 Å². The van der Waals surface area contributed by atoms with Gasteiger partial charge in [-0.2, -0.15) is 5.10 Å². The number of hydrogen-bond donors (Lipinski definition) is 3. The summed E-state index contributed by atoms with van der Waals surface area (Å²) in [6.07, 6.45) is 0. The van der Waals surface area contributed by atoms with Crippen LogP contribution in [0.25, 0.3) is 0 Å². The third-order valence-corrected chi connectivity index (χ3v) is 5.58. The van der Waals surface area contributed by atoms with Gasteiger partial charge in [0.25, 0.3) is 10.0 Å². The molecule has 3 aromatic rings. The van der Waals surface area contributed by atoms with Crippen molar-refractivity contribution in [3.63, 3.8) is 0 Å². The Labute approximate surface area is 158 Å². The highest BCUT2D eigenvalue weighted by atomic mass is 32.2. The molecule has 7 nitrogen and oxygen atoms in total. The first-order valence-electron chi connectivity index (χ1n) is 8.54. The molecule has 0 unspecified atom stereocenters. The zero-order valence-electron chi connectivity index (χ0n) is 15.4. The van der Waals surface area contributed by atoms with Gasteiger partial charge in [-0.05, 0) is 57.2 Å². The largest absolute Gasteiger partial charge is 0.492 e. The Bertz CT molecular complexity index is 1010. The molecule has 3 rings (SSSR count). The molecule has 2 aromatic carbocycles. The third-order valence-electron chi connectivity index (χ3n) is 3.93. The Kier molecular flexibility index (Phi) is 5.36. The molecule has 1 aromatic heterocycles. The molecule has 0 spiro atoms. The van der Waals surface area contributed by atoms with Crippen LogP contribution >= 0.6 is 0 Å². The van der Waals surface area contributed by atoms with Crippen LogP contribution in [0.2, 0.25) is 0 Å². The van der Waals surface area contributed by atoms with Crippen molar-refractivity contribution in [3.05, 3.63) is 59.9 Å². The van der Waals surface area contributed by atoms with Gasteiger partial charge in [-0.3, -0.25) is 9.82 Å². The van der Waals surface area contributed by atoms with Gasteiger partial charge in [0.05, 0.1) is 23.7 Å². The summed E-state index contributed by atoms with van der Waals surface area (Å²) >= 11 is 0. The number of para-hydroxylation sites is 2. The van der Waals surface area contributed by atoms with Crippen LogP contribution in [0, 0.1) is 13.8 Å². The molecule has 0 aliphatic carbocycles. The number of ether oxygens (including phenoxy) is 1. The molecular weight excluding hydrogens is 364 g/mol. The number of benzene rings is 2. The Hall–Kier alpha value is -3.00. The standard InChI is InChI=1S/C19H22N4O3S/c1-4-26-18-8-6-5-7-17(18)20-15-9-11-16(12-10-15)23-27(24,25)19-13(2)21-22-14(19)3/h5-12,20,23H,4H2,1-3H3,(H,21,22). The van der Waals surface area contributed by atoms with E-state index in [4.69, 9.17) is 4.74 Å². The zero-order valence-corrected chi connectivity index (χ0v) is 16.2. The molecule has 27 heavy (non-hydrogen) atoms. The number of aryl methyl sites for hydroxylation is 2. The highest BCUT2D eigenvalue weighted by Crippen LogP contribution is 2.28. The number of anilines is 3. The third kappa shape index (κ3) is 4.22. The summed E-state index contributed by atoms with van der Waals surface area (Å²) in [5.41, 5.74) is 3.08. The summed E-state index contributed by atoms with van der Waals surface area (Å²) < 4.78 is 33.4. The van der Waals surface area contributed by atoms with Crippen LogP contribution in [0.1, 0.15) is 18.3 Å². The van der Waals surface area contributed by atoms with E-state index in [1.54, 1.807) is 38.1 Å². The summed E-state index contributed by atoms with van der Waals surface area (Å²) in [6, 6.07) is 14.7. The Morgan fingerprint density at radius 2 is 1.70 bits per heavy atom. The molecule has 0 saturated heterocycles. The number of sulfonamides is 1. The maximum Gasteiger partial charge on any atom is 0.265 e. The van der Waals surface area contributed by atoms with Crippen molar-refractivity contribution in [1.82, 2.24) is 10.2 Å². The first kappa shape index (κ1) is 18.8. The van der Waals surface area contributed by atoms with E-state index >= 15 is 0 Å². The van der Waals surface area contributed by atoms with Gasteiger partial charge in [0, 0.05) is 11.4 Å². The van der Waals surface area contributed by atoms with Crippen LogP contribution in [0.15, 0.2) is 53.4 Å². The molecule has 142 valence electrons. The molecule has 1 heterocycles. The maximum atomic E-state index is 12.6. The lowest BCUT2D eigenvalue weighted by molar-refractivity contribution is 0.342. The van der Waals surface area contributed by atoms with E-state index in [0.29, 0.717) is 23.7 Å². The fourth-order valence-corrected chi connectivity index (χ4v) is 4.20. The normalized spacial score (nSPS) is 11.2. The molecule has 0 amide bonds. The van der Waals surface area contributed by atoms with E-state index in [9.17, 15) is 8.42 Å². The number of H-pyrrole nitrogens is 1. The second kappa shape index (κ2) is 7.71. The molecular formula is C19H22N4O3S. The summed E-state index contributed by atoms with van der Waals surface area (Å²) in [4.78, 5) is 0.176. The van der Waals surface area contributed by atoms with E-state index in [-0.39, 0.29) is 4.90 Å². The predicted octanol–water partition coefficient (Wildman–Crippen LogP) is 3.97. The first-order valence-corrected chi connectivity index (χ1v) is 10.0. The van der Waals surface area contributed by atoms with Gasteiger partial charge in [-0.1, -0.05) is 12.1 Å². The predicted molar refractivity (Wildman–Crippen MR) is 106 cm³/mol. The number of hydrogen-bond acceptors (Lipinski definition) is 5. The number of aromatic nitrogens is 2. The SMILES string of the molecule is CCOc1ccccc1Nc1ccc(NS(=O)(=O)c2c(C)n[nH]c2C)cc1. The van der Waals surface area contributed by atoms with Crippen molar-refractivity contribution in [2.75, 3.05) is 16.6 Å².